The van der Waals surface area contributed by atoms with Crippen molar-refractivity contribution in [3.8, 4) is 0 Å². The molecule has 0 radical (unpaired) electrons. The highest BCUT2D eigenvalue weighted by molar-refractivity contribution is 7.89. The van der Waals surface area contributed by atoms with Crippen molar-refractivity contribution in [3.05, 3.63) is 12.0 Å². The number of hydrogen-bond acceptors (Lipinski definition) is 3. The fourth-order valence-corrected chi connectivity index (χ4v) is 2.78. The molecule has 0 fully saturated rings. The molecule has 0 saturated heterocycles. The van der Waals surface area contributed by atoms with Crippen LogP contribution < -0.4 is 4.72 Å². The van der Waals surface area contributed by atoms with Crippen molar-refractivity contribution < 1.29 is 8.42 Å². The minimum absolute atomic E-state index is 0.0166. The molecule has 0 saturated carbocycles. The number of nitrogens with one attached hydrogen (secondary N) is 1. The molecule has 0 bridgehead atoms. The summed E-state index contributed by atoms with van der Waals surface area (Å²) in [6.45, 7) is 6.96. The average Bonchev–Trinajstić information content (AvgIpc) is 2.45. The zero-order chi connectivity index (χ0) is 13.4. The molecule has 7 heteroatoms. The second-order valence-electron chi connectivity index (χ2n) is 4.68. The molecular weight excluding hydrogens is 262 g/mol. The van der Waals surface area contributed by atoms with E-state index in [9.17, 15) is 8.42 Å². The Labute approximate surface area is 107 Å². The lowest BCUT2D eigenvalue weighted by Crippen LogP contribution is -2.48. The molecule has 0 spiro atoms. The maximum Gasteiger partial charge on any atom is 0.260 e. The van der Waals surface area contributed by atoms with Gasteiger partial charge in [0.1, 0.15) is 5.82 Å². The Balaban J connectivity index is 3.05. The van der Waals surface area contributed by atoms with Crippen LogP contribution in [0.3, 0.4) is 0 Å². The summed E-state index contributed by atoms with van der Waals surface area (Å²) in [7, 11) is -1.88. The maximum absolute atomic E-state index is 12.1. The van der Waals surface area contributed by atoms with Gasteiger partial charge in [-0.15, -0.1) is 11.6 Å². The summed E-state index contributed by atoms with van der Waals surface area (Å²) in [6.07, 6.45) is 1.48. The molecule has 1 unspecified atom stereocenters. The van der Waals surface area contributed by atoms with Gasteiger partial charge in [0.2, 0.25) is 0 Å². The number of rotatable bonds is 4. The molecule has 1 N–H and O–H groups in total. The lowest BCUT2D eigenvalue weighted by atomic mass is 10.0. The van der Waals surface area contributed by atoms with E-state index in [1.54, 1.807) is 39.3 Å². The van der Waals surface area contributed by atoms with E-state index < -0.39 is 15.6 Å². The molecule has 17 heavy (non-hydrogen) atoms. The number of hydrogen-bond donors (Lipinski definition) is 1. The van der Waals surface area contributed by atoms with E-state index in [4.69, 9.17) is 11.6 Å². The molecule has 1 aromatic rings. The van der Waals surface area contributed by atoms with Crippen LogP contribution in [-0.2, 0) is 17.1 Å². The molecule has 5 nitrogen and oxygen atoms in total. The zero-order valence-electron chi connectivity index (χ0n) is 10.7. The van der Waals surface area contributed by atoms with Crippen molar-refractivity contribution >= 4 is 21.6 Å². The van der Waals surface area contributed by atoms with Crippen LogP contribution in [0.5, 0.6) is 0 Å². The van der Waals surface area contributed by atoms with E-state index in [1.165, 1.54) is 6.20 Å². The summed E-state index contributed by atoms with van der Waals surface area (Å²) in [4.78, 5) is 3.99. The molecule has 0 aromatic carbocycles. The molecule has 1 rings (SSSR count). The average molecular weight is 280 g/mol. The topological polar surface area (TPSA) is 64.0 Å². The third-order valence-electron chi connectivity index (χ3n) is 2.75. The minimum atomic E-state index is -3.63. The van der Waals surface area contributed by atoms with Gasteiger partial charge in [-0.3, -0.25) is 0 Å². The highest BCUT2D eigenvalue weighted by atomic mass is 35.5. The highest BCUT2D eigenvalue weighted by Crippen LogP contribution is 2.18. The smallest absolute Gasteiger partial charge is 0.260 e. The molecule has 1 heterocycles. The van der Waals surface area contributed by atoms with Crippen LogP contribution in [0.2, 0.25) is 0 Å². The van der Waals surface area contributed by atoms with Crippen LogP contribution in [0, 0.1) is 6.92 Å². The minimum Gasteiger partial charge on any atom is -0.337 e. The molecule has 1 atom stereocenters. The number of aryl methyl sites for hydroxylation is 2. The van der Waals surface area contributed by atoms with Crippen LogP contribution in [0.25, 0.3) is 0 Å². The summed E-state index contributed by atoms with van der Waals surface area (Å²) < 4.78 is 28.4. The normalized spacial score (nSPS) is 14.9. The van der Waals surface area contributed by atoms with Crippen molar-refractivity contribution in [2.75, 3.05) is 0 Å². The van der Waals surface area contributed by atoms with Gasteiger partial charge >= 0.3 is 0 Å². The van der Waals surface area contributed by atoms with Gasteiger partial charge in [0.15, 0.2) is 5.03 Å². The quantitative estimate of drug-likeness (QED) is 0.848. The molecule has 0 aliphatic heterocycles. The van der Waals surface area contributed by atoms with Crippen LogP contribution >= 0.6 is 11.6 Å². The van der Waals surface area contributed by atoms with E-state index in [0.717, 1.165) is 0 Å². The van der Waals surface area contributed by atoms with Gasteiger partial charge in [-0.2, -0.15) is 0 Å². The summed E-state index contributed by atoms with van der Waals surface area (Å²) in [5, 5.41) is -0.315. The van der Waals surface area contributed by atoms with Crippen molar-refractivity contribution in [2.45, 2.75) is 43.6 Å². The van der Waals surface area contributed by atoms with E-state index in [2.05, 4.69) is 9.71 Å². The van der Waals surface area contributed by atoms with E-state index in [1.807, 2.05) is 0 Å². The Hall–Kier alpha value is -0.590. The number of sulfonamides is 1. The van der Waals surface area contributed by atoms with Crippen molar-refractivity contribution in [1.29, 1.82) is 0 Å². The first-order valence-corrected chi connectivity index (χ1v) is 7.16. The second-order valence-corrected chi connectivity index (χ2v) is 6.96. The van der Waals surface area contributed by atoms with E-state index in [-0.39, 0.29) is 10.4 Å². The third-order valence-corrected chi connectivity index (χ3v) is 4.84. The second kappa shape index (κ2) is 4.59. The van der Waals surface area contributed by atoms with E-state index in [0.29, 0.717) is 5.82 Å². The van der Waals surface area contributed by atoms with Crippen LogP contribution in [0.4, 0.5) is 0 Å². The SMILES string of the molecule is Cc1nc(S(=O)(=O)NC(C)(C)C(C)Cl)cn1C. The number of imidazole rings is 1. The van der Waals surface area contributed by atoms with Crippen LogP contribution in [0.15, 0.2) is 11.2 Å². The standard InChI is InChI=1S/C10H18ClN3O2S/c1-7(11)10(3,4)13-17(15,16)9-6-14(5)8(2)12-9/h6-7,13H,1-5H3. The molecule has 98 valence electrons. The monoisotopic (exact) mass is 279 g/mol. The van der Waals surface area contributed by atoms with Gasteiger partial charge < -0.3 is 4.57 Å². The molecule has 0 amide bonds. The zero-order valence-corrected chi connectivity index (χ0v) is 12.2. The van der Waals surface area contributed by atoms with E-state index >= 15 is 0 Å². The Morgan fingerprint density at radius 1 is 1.53 bits per heavy atom. The number of aromatic nitrogens is 2. The van der Waals surface area contributed by atoms with Gasteiger partial charge in [0.25, 0.3) is 10.0 Å². The summed E-state index contributed by atoms with van der Waals surface area (Å²) in [5.41, 5.74) is -0.730. The van der Waals surface area contributed by atoms with Crippen LogP contribution in [-0.4, -0.2) is 28.9 Å². The van der Waals surface area contributed by atoms with Crippen molar-refractivity contribution in [3.63, 3.8) is 0 Å². The summed E-state index contributed by atoms with van der Waals surface area (Å²) in [6, 6.07) is 0. The van der Waals surface area contributed by atoms with Gasteiger partial charge in [0, 0.05) is 24.2 Å². The molecule has 0 aliphatic carbocycles. The fourth-order valence-electron chi connectivity index (χ4n) is 1.14. The number of halogens is 1. The first-order valence-electron chi connectivity index (χ1n) is 5.24. The maximum atomic E-state index is 12.1. The van der Waals surface area contributed by atoms with Gasteiger partial charge in [0.05, 0.1) is 0 Å². The Bertz CT molecular complexity index is 486. The first-order chi connectivity index (χ1) is 7.56. The summed E-state index contributed by atoms with van der Waals surface area (Å²) in [5.74, 6) is 0.641. The third kappa shape index (κ3) is 3.20. The van der Waals surface area contributed by atoms with Crippen molar-refractivity contribution in [2.24, 2.45) is 7.05 Å². The number of nitrogens with zero attached hydrogens (tertiary/aromatic N) is 2. The highest BCUT2D eigenvalue weighted by Gasteiger charge is 2.31. The predicted octanol–water partition coefficient (Wildman–Crippen LogP) is 1.41. The Kier molecular flexibility index (Phi) is 3.91. The molecule has 0 aliphatic rings. The molecular formula is C10H18ClN3O2S. The first kappa shape index (κ1) is 14.5. The van der Waals surface area contributed by atoms with Crippen molar-refractivity contribution in [1.82, 2.24) is 14.3 Å². The predicted molar refractivity (Wildman–Crippen MR) is 67.7 cm³/mol. The van der Waals surface area contributed by atoms with Crippen LogP contribution in [0.1, 0.15) is 26.6 Å². The lowest BCUT2D eigenvalue weighted by Gasteiger charge is -2.27. The summed E-state index contributed by atoms with van der Waals surface area (Å²) >= 11 is 5.95. The largest absolute Gasteiger partial charge is 0.337 e. The number of alkyl halides is 1. The van der Waals surface area contributed by atoms with Gasteiger partial charge in [-0.1, -0.05) is 0 Å². The lowest BCUT2D eigenvalue weighted by molar-refractivity contribution is 0.444. The fraction of sp³-hybridized carbons (Fsp3) is 0.700. The Morgan fingerprint density at radius 3 is 2.41 bits per heavy atom. The van der Waals surface area contributed by atoms with Gasteiger partial charge in [-0.25, -0.2) is 18.1 Å². The van der Waals surface area contributed by atoms with Gasteiger partial charge in [-0.05, 0) is 27.7 Å². The molecule has 1 aromatic heterocycles. The Morgan fingerprint density at radius 2 is 2.06 bits per heavy atom.